The van der Waals surface area contributed by atoms with E-state index in [1.807, 2.05) is 11.4 Å². The first-order valence-corrected chi connectivity index (χ1v) is 10.00. The van der Waals surface area contributed by atoms with Crippen molar-refractivity contribution in [3.8, 4) is 0 Å². The van der Waals surface area contributed by atoms with Crippen LogP contribution in [-0.4, -0.2) is 36.3 Å². The third kappa shape index (κ3) is 4.92. The molecule has 4 nitrogen and oxygen atoms in total. The maximum absolute atomic E-state index is 13.0. The monoisotopic (exact) mass is 410 g/mol. The largest absolute Gasteiger partial charge is 0.416 e. The molecule has 0 radical (unpaired) electrons. The van der Waals surface area contributed by atoms with Gasteiger partial charge in [0, 0.05) is 25.6 Å². The van der Waals surface area contributed by atoms with Gasteiger partial charge in [0.2, 0.25) is 5.91 Å². The van der Waals surface area contributed by atoms with E-state index in [2.05, 4.69) is 5.32 Å². The lowest BCUT2D eigenvalue weighted by Gasteiger charge is -2.31. The van der Waals surface area contributed by atoms with Gasteiger partial charge in [0.05, 0.1) is 10.4 Å². The minimum Gasteiger partial charge on any atom is -0.356 e. The minimum atomic E-state index is -4.40. The van der Waals surface area contributed by atoms with Crippen molar-refractivity contribution < 1.29 is 22.8 Å². The van der Waals surface area contributed by atoms with Gasteiger partial charge in [-0.3, -0.25) is 9.59 Å². The van der Waals surface area contributed by atoms with Gasteiger partial charge < -0.3 is 10.2 Å². The van der Waals surface area contributed by atoms with Crippen LogP contribution < -0.4 is 5.32 Å². The second kappa shape index (κ2) is 8.77. The van der Waals surface area contributed by atoms with Gasteiger partial charge in [-0.25, -0.2) is 0 Å². The minimum absolute atomic E-state index is 0.0161. The van der Waals surface area contributed by atoms with E-state index >= 15 is 0 Å². The van der Waals surface area contributed by atoms with Gasteiger partial charge in [-0.05, 0) is 42.3 Å². The maximum Gasteiger partial charge on any atom is 0.416 e. The summed E-state index contributed by atoms with van der Waals surface area (Å²) in [6.45, 7) is 1.16. The molecule has 28 heavy (non-hydrogen) atoms. The molecule has 0 unspecified atom stereocenters. The van der Waals surface area contributed by atoms with Crippen LogP contribution in [0, 0.1) is 5.92 Å². The number of carbonyl (C=O) groups is 2. The van der Waals surface area contributed by atoms with Crippen molar-refractivity contribution in [3.63, 3.8) is 0 Å². The third-order valence-corrected chi connectivity index (χ3v) is 5.76. The standard InChI is InChI=1S/C20H21F3N2O2S/c21-20(22,23)16-5-2-1-4-14(16)7-10-24-18(26)15-8-11-25(12-9-15)19(27)17-6-3-13-28-17/h1-6,13,15H,7-12H2,(H,24,26). The molecule has 1 N–H and O–H groups in total. The summed E-state index contributed by atoms with van der Waals surface area (Å²) in [5, 5.41) is 4.60. The number of likely N-dealkylation sites (tertiary alicyclic amines) is 1. The number of thiophene rings is 1. The molecule has 150 valence electrons. The van der Waals surface area contributed by atoms with Crippen molar-refractivity contribution in [1.82, 2.24) is 10.2 Å². The zero-order valence-corrected chi connectivity index (χ0v) is 16.0. The van der Waals surface area contributed by atoms with Crippen molar-refractivity contribution >= 4 is 23.2 Å². The molecule has 0 spiro atoms. The fourth-order valence-electron chi connectivity index (χ4n) is 3.38. The molecule has 0 aliphatic carbocycles. The Morgan fingerprint density at radius 1 is 1.11 bits per heavy atom. The van der Waals surface area contributed by atoms with Crippen LogP contribution in [0.3, 0.4) is 0 Å². The highest BCUT2D eigenvalue weighted by atomic mass is 32.1. The molecule has 1 saturated heterocycles. The van der Waals surface area contributed by atoms with Gasteiger partial charge in [-0.15, -0.1) is 11.3 Å². The summed E-state index contributed by atoms with van der Waals surface area (Å²) in [5.74, 6) is -0.393. The molecule has 0 atom stereocenters. The Hall–Kier alpha value is -2.35. The predicted octanol–water partition coefficient (Wildman–Crippen LogP) is 3.98. The number of rotatable bonds is 5. The highest BCUT2D eigenvalue weighted by molar-refractivity contribution is 7.12. The normalized spacial score (nSPS) is 15.5. The van der Waals surface area contributed by atoms with Gasteiger partial charge >= 0.3 is 6.18 Å². The Kier molecular flexibility index (Phi) is 6.39. The van der Waals surface area contributed by atoms with Crippen LogP contribution in [0.5, 0.6) is 0 Å². The Bertz CT molecular complexity index is 813. The van der Waals surface area contributed by atoms with Gasteiger partial charge in [0.25, 0.3) is 5.91 Å². The van der Waals surface area contributed by atoms with Crippen molar-refractivity contribution in [2.45, 2.75) is 25.4 Å². The number of hydrogen-bond acceptors (Lipinski definition) is 3. The highest BCUT2D eigenvalue weighted by Gasteiger charge is 2.33. The van der Waals surface area contributed by atoms with Crippen LogP contribution in [0.15, 0.2) is 41.8 Å². The lowest BCUT2D eigenvalue weighted by Crippen LogP contribution is -2.43. The summed E-state index contributed by atoms with van der Waals surface area (Å²) >= 11 is 1.39. The lowest BCUT2D eigenvalue weighted by atomic mass is 9.95. The number of carbonyl (C=O) groups excluding carboxylic acids is 2. The predicted molar refractivity (Wildman–Crippen MR) is 101 cm³/mol. The first kappa shape index (κ1) is 20.4. The molecule has 2 heterocycles. The summed E-state index contributed by atoms with van der Waals surface area (Å²) in [7, 11) is 0. The summed E-state index contributed by atoms with van der Waals surface area (Å²) in [5.41, 5.74) is -0.490. The number of halogens is 3. The van der Waals surface area contributed by atoms with Gasteiger partial charge in [0.1, 0.15) is 0 Å². The van der Waals surface area contributed by atoms with Gasteiger partial charge in [-0.2, -0.15) is 13.2 Å². The SMILES string of the molecule is O=C(NCCc1ccccc1C(F)(F)F)C1CCN(C(=O)c2cccs2)CC1. The molecule has 1 aliphatic rings. The highest BCUT2D eigenvalue weighted by Crippen LogP contribution is 2.32. The first-order valence-electron chi connectivity index (χ1n) is 9.12. The number of nitrogens with zero attached hydrogens (tertiary/aromatic N) is 1. The van der Waals surface area contributed by atoms with E-state index in [4.69, 9.17) is 0 Å². The van der Waals surface area contributed by atoms with E-state index in [0.29, 0.717) is 30.8 Å². The number of hydrogen-bond donors (Lipinski definition) is 1. The van der Waals surface area contributed by atoms with Crippen LogP contribution in [0.4, 0.5) is 13.2 Å². The molecular weight excluding hydrogens is 389 g/mol. The Balaban J connectivity index is 1.46. The van der Waals surface area contributed by atoms with Crippen LogP contribution in [0.2, 0.25) is 0 Å². The number of amides is 2. The van der Waals surface area contributed by atoms with E-state index in [0.717, 1.165) is 6.07 Å². The summed E-state index contributed by atoms with van der Waals surface area (Å²) < 4.78 is 39.0. The van der Waals surface area contributed by atoms with Gasteiger partial charge in [-0.1, -0.05) is 24.3 Å². The molecule has 0 saturated carbocycles. The van der Waals surface area contributed by atoms with E-state index in [9.17, 15) is 22.8 Å². The number of nitrogens with one attached hydrogen (secondary N) is 1. The van der Waals surface area contributed by atoms with Crippen LogP contribution in [0.1, 0.15) is 33.6 Å². The molecule has 3 rings (SSSR count). The first-order chi connectivity index (χ1) is 13.4. The average molecular weight is 410 g/mol. The second-order valence-corrected chi connectivity index (χ2v) is 7.69. The molecule has 1 aliphatic heterocycles. The summed E-state index contributed by atoms with van der Waals surface area (Å²) in [6.07, 6.45) is -3.16. The Morgan fingerprint density at radius 2 is 1.82 bits per heavy atom. The van der Waals surface area contributed by atoms with Crippen LogP contribution in [-0.2, 0) is 17.4 Å². The third-order valence-electron chi connectivity index (χ3n) is 4.90. The van der Waals surface area contributed by atoms with Crippen molar-refractivity contribution in [1.29, 1.82) is 0 Å². The Labute approximate surface area is 165 Å². The fraction of sp³-hybridized carbons (Fsp3) is 0.400. The van der Waals surface area contributed by atoms with Crippen LogP contribution in [0.25, 0.3) is 0 Å². The average Bonchev–Trinajstić information content (AvgIpc) is 3.22. The van der Waals surface area contributed by atoms with E-state index in [1.165, 1.54) is 23.5 Å². The van der Waals surface area contributed by atoms with Crippen molar-refractivity contribution in [3.05, 3.63) is 57.8 Å². The summed E-state index contributed by atoms with van der Waals surface area (Å²) in [6, 6.07) is 9.02. The fourth-order valence-corrected chi connectivity index (χ4v) is 4.07. The molecule has 1 aromatic carbocycles. The zero-order valence-electron chi connectivity index (χ0n) is 15.2. The molecular formula is C20H21F3N2O2S. The molecule has 1 aromatic heterocycles. The molecule has 1 fully saturated rings. The van der Waals surface area contributed by atoms with Crippen molar-refractivity contribution in [2.24, 2.45) is 5.92 Å². The van der Waals surface area contributed by atoms with E-state index < -0.39 is 11.7 Å². The van der Waals surface area contributed by atoms with E-state index in [1.54, 1.807) is 17.0 Å². The van der Waals surface area contributed by atoms with Crippen LogP contribution >= 0.6 is 11.3 Å². The second-order valence-electron chi connectivity index (χ2n) is 6.74. The topological polar surface area (TPSA) is 49.4 Å². The van der Waals surface area contributed by atoms with E-state index in [-0.39, 0.29) is 36.3 Å². The lowest BCUT2D eigenvalue weighted by molar-refractivity contribution is -0.138. The zero-order chi connectivity index (χ0) is 20.1. The number of benzene rings is 1. The quantitative estimate of drug-likeness (QED) is 0.811. The maximum atomic E-state index is 13.0. The summed E-state index contributed by atoms with van der Waals surface area (Å²) in [4.78, 5) is 27.1. The number of alkyl halides is 3. The molecule has 0 bridgehead atoms. The van der Waals surface area contributed by atoms with Gasteiger partial charge in [0.15, 0.2) is 0 Å². The Morgan fingerprint density at radius 3 is 2.46 bits per heavy atom. The molecule has 2 amide bonds. The molecule has 8 heteroatoms. The van der Waals surface area contributed by atoms with Crippen molar-refractivity contribution in [2.75, 3.05) is 19.6 Å². The smallest absolute Gasteiger partial charge is 0.356 e. The molecule has 2 aromatic rings. The number of piperidine rings is 1.